The van der Waals surface area contributed by atoms with Gasteiger partial charge in [0.15, 0.2) is 0 Å². The maximum absolute atomic E-state index is 5.04. The van der Waals surface area contributed by atoms with E-state index in [9.17, 15) is 0 Å². The van der Waals surface area contributed by atoms with Crippen molar-refractivity contribution < 1.29 is 9.47 Å². The van der Waals surface area contributed by atoms with Crippen molar-refractivity contribution in [3.05, 3.63) is 12.3 Å². The van der Waals surface area contributed by atoms with Gasteiger partial charge in [-0.05, 0) is 30.8 Å². The van der Waals surface area contributed by atoms with E-state index in [-0.39, 0.29) is 0 Å². The second-order valence-corrected chi connectivity index (χ2v) is 4.07. The van der Waals surface area contributed by atoms with Crippen molar-refractivity contribution in [2.45, 2.75) is 32.3 Å². The summed E-state index contributed by atoms with van der Waals surface area (Å²) in [6.45, 7) is 4.18. The summed E-state index contributed by atoms with van der Waals surface area (Å²) >= 11 is 0. The van der Waals surface area contributed by atoms with Gasteiger partial charge in [0.1, 0.15) is 0 Å². The van der Waals surface area contributed by atoms with Gasteiger partial charge in [-0.1, -0.05) is 13.3 Å². The Balaban J connectivity index is 0.000000102. The third-order valence-corrected chi connectivity index (χ3v) is 2.72. The van der Waals surface area contributed by atoms with Gasteiger partial charge in [0, 0.05) is 0 Å². The summed E-state index contributed by atoms with van der Waals surface area (Å²) < 4.78 is 9.99. The number of rotatable bonds is 2. The van der Waals surface area contributed by atoms with Gasteiger partial charge >= 0.3 is 0 Å². The molecule has 0 N–H and O–H groups in total. The summed E-state index contributed by atoms with van der Waals surface area (Å²) in [7, 11) is 0. The molecule has 2 fully saturated rings. The number of epoxide rings is 1. The average Bonchev–Trinajstić information content (AvgIpc) is 3.01. The van der Waals surface area contributed by atoms with Gasteiger partial charge in [0.2, 0.25) is 0 Å². The first-order valence-electron chi connectivity index (χ1n) is 5.30. The van der Waals surface area contributed by atoms with Crippen LogP contribution in [0.1, 0.15) is 26.2 Å². The predicted octanol–water partition coefficient (Wildman–Crippen LogP) is 2.35. The lowest BCUT2D eigenvalue weighted by atomic mass is 10.3. The minimum absolute atomic E-state index is 0.648. The van der Waals surface area contributed by atoms with Crippen molar-refractivity contribution in [3.63, 3.8) is 0 Å². The van der Waals surface area contributed by atoms with Crippen LogP contribution in [0.2, 0.25) is 0 Å². The summed E-state index contributed by atoms with van der Waals surface area (Å²) in [5.41, 5.74) is 0. The van der Waals surface area contributed by atoms with E-state index < -0.39 is 0 Å². The van der Waals surface area contributed by atoms with Crippen LogP contribution in [0.5, 0.6) is 0 Å². The quantitative estimate of drug-likeness (QED) is 0.611. The predicted molar refractivity (Wildman–Crippen MR) is 51.3 cm³/mol. The summed E-state index contributed by atoms with van der Waals surface area (Å²) in [4.78, 5) is 0. The summed E-state index contributed by atoms with van der Waals surface area (Å²) in [6, 6.07) is 0. The van der Waals surface area contributed by atoms with E-state index in [4.69, 9.17) is 9.47 Å². The standard InChI is InChI=1S/C6H8O.C5H10O/c1-2-7-4-6-3-5(1)6;1-2-3-5-4-6-5/h1-2,5-6H,3-4H2;5H,2-4H2,1H3. The SMILES string of the molecule is C1=CC2CC2CO1.CCCC1CO1. The number of allylic oxidation sites excluding steroid dienone is 1. The maximum Gasteiger partial charge on any atom is 0.0907 e. The Morgan fingerprint density at radius 3 is 2.62 bits per heavy atom. The van der Waals surface area contributed by atoms with Crippen molar-refractivity contribution in [1.82, 2.24) is 0 Å². The van der Waals surface area contributed by atoms with E-state index in [1.807, 2.05) is 6.26 Å². The van der Waals surface area contributed by atoms with Crippen LogP contribution in [0.3, 0.4) is 0 Å². The van der Waals surface area contributed by atoms with Crippen LogP contribution in [-0.2, 0) is 9.47 Å². The van der Waals surface area contributed by atoms with E-state index in [1.54, 1.807) is 0 Å². The molecular formula is C11H18O2. The number of ether oxygens (including phenoxy) is 2. The molecule has 2 heterocycles. The average molecular weight is 182 g/mol. The summed E-state index contributed by atoms with van der Waals surface area (Å²) in [5.74, 6) is 1.79. The Morgan fingerprint density at radius 1 is 1.38 bits per heavy atom. The Labute approximate surface area is 79.9 Å². The number of hydrogen-bond donors (Lipinski definition) is 0. The normalized spacial score (nSPS) is 38.1. The van der Waals surface area contributed by atoms with Crippen LogP contribution in [0, 0.1) is 11.8 Å². The highest BCUT2D eigenvalue weighted by Crippen LogP contribution is 2.41. The molecule has 0 spiro atoms. The summed E-state index contributed by atoms with van der Waals surface area (Å²) in [5, 5.41) is 0. The molecule has 1 saturated heterocycles. The van der Waals surface area contributed by atoms with Crippen LogP contribution in [0.4, 0.5) is 0 Å². The van der Waals surface area contributed by atoms with Crippen molar-refractivity contribution >= 4 is 0 Å². The minimum atomic E-state index is 0.648. The van der Waals surface area contributed by atoms with Crippen molar-refractivity contribution in [3.8, 4) is 0 Å². The van der Waals surface area contributed by atoms with Crippen molar-refractivity contribution in [1.29, 1.82) is 0 Å². The highest BCUT2D eigenvalue weighted by atomic mass is 16.6. The molecule has 2 nitrogen and oxygen atoms in total. The van der Waals surface area contributed by atoms with Gasteiger partial charge in [0.25, 0.3) is 0 Å². The highest BCUT2D eigenvalue weighted by Gasteiger charge is 2.36. The second-order valence-electron chi connectivity index (χ2n) is 4.07. The van der Waals surface area contributed by atoms with E-state index in [0.29, 0.717) is 6.10 Å². The fourth-order valence-electron chi connectivity index (χ4n) is 1.59. The Kier molecular flexibility index (Phi) is 2.89. The molecule has 3 atom stereocenters. The van der Waals surface area contributed by atoms with Crippen LogP contribution in [0.15, 0.2) is 12.3 Å². The number of fused-ring (bicyclic) bond motifs is 1. The molecule has 2 aliphatic heterocycles. The van der Waals surface area contributed by atoms with Gasteiger partial charge < -0.3 is 9.47 Å². The molecule has 3 aliphatic rings. The smallest absolute Gasteiger partial charge is 0.0907 e. The molecule has 0 radical (unpaired) electrons. The molecule has 0 aromatic rings. The van der Waals surface area contributed by atoms with E-state index in [1.165, 1.54) is 19.3 Å². The Morgan fingerprint density at radius 2 is 2.23 bits per heavy atom. The molecule has 0 aromatic heterocycles. The molecule has 1 aliphatic carbocycles. The largest absolute Gasteiger partial charge is 0.501 e. The molecule has 3 rings (SSSR count). The van der Waals surface area contributed by atoms with Crippen LogP contribution in [-0.4, -0.2) is 19.3 Å². The minimum Gasteiger partial charge on any atom is -0.501 e. The first-order chi connectivity index (χ1) is 6.40. The van der Waals surface area contributed by atoms with Crippen molar-refractivity contribution in [2.24, 2.45) is 11.8 Å². The fourth-order valence-corrected chi connectivity index (χ4v) is 1.59. The second kappa shape index (κ2) is 4.14. The molecule has 0 bridgehead atoms. The van der Waals surface area contributed by atoms with Crippen LogP contribution in [0.25, 0.3) is 0 Å². The fraction of sp³-hybridized carbons (Fsp3) is 0.818. The van der Waals surface area contributed by atoms with E-state index in [0.717, 1.165) is 25.0 Å². The molecule has 0 amide bonds. The first kappa shape index (κ1) is 9.07. The molecule has 0 aromatic carbocycles. The molecule has 3 unspecified atom stereocenters. The first-order valence-corrected chi connectivity index (χ1v) is 5.30. The van der Waals surface area contributed by atoms with Crippen LogP contribution < -0.4 is 0 Å². The lowest BCUT2D eigenvalue weighted by Gasteiger charge is -2.01. The maximum atomic E-state index is 5.04. The Hall–Kier alpha value is -0.500. The van der Waals surface area contributed by atoms with Gasteiger partial charge in [-0.3, -0.25) is 0 Å². The summed E-state index contributed by atoms with van der Waals surface area (Å²) in [6.07, 6.45) is 8.54. The Bertz CT molecular complexity index is 185. The number of hydrogen-bond acceptors (Lipinski definition) is 2. The third kappa shape index (κ3) is 3.03. The third-order valence-electron chi connectivity index (χ3n) is 2.72. The monoisotopic (exact) mass is 182 g/mol. The zero-order valence-electron chi connectivity index (χ0n) is 8.24. The molecule has 1 saturated carbocycles. The van der Waals surface area contributed by atoms with E-state index in [2.05, 4.69) is 13.0 Å². The van der Waals surface area contributed by atoms with Gasteiger partial charge in [-0.25, -0.2) is 0 Å². The molecule has 74 valence electrons. The van der Waals surface area contributed by atoms with Crippen molar-refractivity contribution in [2.75, 3.05) is 13.2 Å². The van der Waals surface area contributed by atoms with Gasteiger partial charge in [-0.2, -0.15) is 0 Å². The highest BCUT2D eigenvalue weighted by molar-refractivity contribution is 5.02. The van der Waals surface area contributed by atoms with Crippen LogP contribution >= 0.6 is 0 Å². The van der Waals surface area contributed by atoms with Gasteiger partial charge in [-0.15, -0.1) is 0 Å². The van der Waals surface area contributed by atoms with Gasteiger partial charge in [0.05, 0.1) is 25.6 Å². The topological polar surface area (TPSA) is 21.8 Å². The lowest BCUT2D eigenvalue weighted by molar-refractivity contribution is 0.218. The molecule has 2 heteroatoms. The zero-order chi connectivity index (χ0) is 9.10. The molecular weight excluding hydrogens is 164 g/mol. The lowest BCUT2D eigenvalue weighted by Crippen LogP contribution is -1.95. The van der Waals surface area contributed by atoms with E-state index >= 15 is 0 Å². The molecule has 13 heavy (non-hydrogen) atoms. The zero-order valence-corrected chi connectivity index (χ0v) is 8.24.